The number of aromatic nitrogens is 2. The van der Waals surface area contributed by atoms with Crippen LogP contribution in [0.1, 0.15) is 47.7 Å². The van der Waals surface area contributed by atoms with Crippen LogP contribution in [0.3, 0.4) is 0 Å². The minimum Gasteiger partial charge on any atom is -0.507 e. The van der Waals surface area contributed by atoms with Gasteiger partial charge in [-0.05, 0) is 67.8 Å². The normalized spacial score (nSPS) is 19.2. The van der Waals surface area contributed by atoms with Crippen molar-refractivity contribution in [3.05, 3.63) is 100 Å². The molecule has 0 spiro atoms. The van der Waals surface area contributed by atoms with Crippen molar-refractivity contribution in [2.45, 2.75) is 49.4 Å². The summed E-state index contributed by atoms with van der Waals surface area (Å²) in [6, 6.07) is 19.9. The maximum Gasteiger partial charge on any atom is 0.301 e. The Balaban J connectivity index is 1.39. The number of aryl methyl sites for hydroxylation is 1. The molecule has 2 aliphatic heterocycles. The van der Waals surface area contributed by atoms with Gasteiger partial charge >= 0.3 is 5.91 Å². The van der Waals surface area contributed by atoms with Crippen LogP contribution in [0.25, 0.3) is 5.76 Å². The van der Waals surface area contributed by atoms with Crippen molar-refractivity contribution in [2.24, 2.45) is 0 Å². The number of ether oxygens (including phenoxy) is 2. The average Bonchev–Trinajstić information content (AvgIpc) is 3.67. The maximum absolute atomic E-state index is 13.6. The van der Waals surface area contributed by atoms with Crippen LogP contribution in [-0.2, 0) is 21.8 Å². The quantitative estimate of drug-likeness (QED) is 0.0807. The van der Waals surface area contributed by atoms with Crippen LogP contribution in [0.4, 0.5) is 5.13 Å². The first kappa shape index (κ1) is 28.0. The number of thioether (sulfide) groups is 1. The highest BCUT2D eigenvalue weighted by Gasteiger charge is 2.48. The Morgan fingerprint density at radius 3 is 2.71 bits per heavy atom. The van der Waals surface area contributed by atoms with Gasteiger partial charge in [0.15, 0.2) is 4.34 Å². The van der Waals surface area contributed by atoms with E-state index in [1.165, 1.54) is 33.6 Å². The van der Waals surface area contributed by atoms with Crippen LogP contribution >= 0.6 is 23.1 Å². The highest BCUT2D eigenvalue weighted by atomic mass is 32.2. The van der Waals surface area contributed by atoms with Gasteiger partial charge in [0.1, 0.15) is 23.4 Å². The Kier molecular flexibility index (Phi) is 7.74. The van der Waals surface area contributed by atoms with Gasteiger partial charge in [-0.15, -0.1) is 10.2 Å². The zero-order valence-electron chi connectivity index (χ0n) is 23.4. The third kappa shape index (κ3) is 5.39. The van der Waals surface area contributed by atoms with E-state index in [4.69, 9.17) is 9.47 Å². The minimum absolute atomic E-state index is 0.00961. The fourth-order valence-electron chi connectivity index (χ4n) is 5.20. The van der Waals surface area contributed by atoms with E-state index in [2.05, 4.69) is 34.5 Å². The van der Waals surface area contributed by atoms with Crippen molar-refractivity contribution in [3.8, 4) is 11.5 Å². The van der Waals surface area contributed by atoms with E-state index in [-0.39, 0.29) is 22.6 Å². The molecule has 42 heavy (non-hydrogen) atoms. The van der Waals surface area contributed by atoms with E-state index in [0.717, 1.165) is 16.9 Å². The summed E-state index contributed by atoms with van der Waals surface area (Å²) in [6.07, 6.45) is 0.720. The molecule has 6 rings (SSSR count). The van der Waals surface area contributed by atoms with Crippen molar-refractivity contribution >= 4 is 45.7 Å². The second-order valence-electron chi connectivity index (χ2n) is 10.3. The Bertz CT molecular complexity index is 1700. The standard InChI is InChI=1S/C32H29N3O5S2/c1-4-39-24-7-5-6-21(16-24)27-26(28(36)22-12-13-25-23(15-22)14-19(3)40-25)29(37)30(38)35(27)31-33-34-32(42-31)41-17-20-10-8-18(2)9-11-20/h5-13,15-16,19,27,36H,4,14,17H2,1-3H3/t19-,27-/m0/s1. The molecule has 4 aromatic rings. The molecule has 2 aliphatic rings. The van der Waals surface area contributed by atoms with Crippen LogP contribution in [0, 0.1) is 6.92 Å². The summed E-state index contributed by atoms with van der Waals surface area (Å²) in [6.45, 7) is 6.36. The third-order valence-corrected chi connectivity index (χ3v) is 9.31. The van der Waals surface area contributed by atoms with Crippen molar-refractivity contribution in [3.63, 3.8) is 0 Å². The number of Topliss-reactive ketones (excluding diaryl/α,β-unsaturated/α-hetero) is 1. The van der Waals surface area contributed by atoms with E-state index in [9.17, 15) is 14.7 Å². The van der Waals surface area contributed by atoms with Crippen LogP contribution in [-0.4, -0.2) is 39.7 Å². The van der Waals surface area contributed by atoms with E-state index in [1.54, 1.807) is 24.3 Å². The second-order valence-corrected chi connectivity index (χ2v) is 12.4. The van der Waals surface area contributed by atoms with Crippen LogP contribution < -0.4 is 14.4 Å². The van der Waals surface area contributed by atoms with E-state index < -0.39 is 17.7 Å². The van der Waals surface area contributed by atoms with Crippen LogP contribution in [0.15, 0.2) is 76.6 Å². The number of ketones is 1. The first-order chi connectivity index (χ1) is 20.3. The minimum atomic E-state index is -0.920. The lowest BCUT2D eigenvalue weighted by Crippen LogP contribution is -2.29. The number of aliphatic hydroxyl groups excluding tert-OH is 1. The van der Waals surface area contributed by atoms with Crippen molar-refractivity contribution < 1.29 is 24.2 Å². The number of amides is 1. The predicted octanol–water partition coefficient (Wildman–Crippen LogP) is 6.49. The summed E-state index contributed by atoms with van der Waals surface area (Å²) in [5, 5.41) is 20.5. The molecule has 0 radical (unpaired) electrons. The van der Waals surface area contributed by atoms with Crippen molar-refractivity contribution in [1.82, 2.24) is 10.2 Å². The van der Waals surface area contributed by atoms with Crippen LogP contribution in [0.5, 0.6) is 11.5 Å². The number of benzene rings is 3. The summed E-state index contributed by atoms with van der Waals surface area (Å²) >= 11 is 2.75. The number of carbonyl (C=O) groups excluding carboxylic acids is 2. The molecular weight excluding hydrogens is 571 g/mol. The molecule has 8 nitrogen and oxygen atoms in total. The van der Waals surface area contributed by atoms with Gasteiger partial charge in [0, 0.05) is 17.7 Å². The molecule has 2 atom stereocenters. The lowest BCUT2D eigenvalue weighted by molar-refractivity contribution is -0.132. The molecule has 0 bridgehead atoms. The van der Waals surface area contributed by atoms with Gasteiger partial charge < -0.3 is 14.6 Å². The molecule has 0 saturated carbocycles. The topological polar surface area (TPSA) is 102 Å². The number of hydrogen-bond donors (Lipinski definition) is 1. The summed E-state index contributed by atoms with van der Waals surface area (Å²) in [5.41, 5.74) is 4.32. The molecule has 1 amide bonds. The fourth-order valence-corrected chi connectivity index (χ4v) is 7.02. The van der Waals surface area contributed by atoms with Crippen LogP contribution in [0.2, 0.25) is 0 Å². The molecule has 1 saturated heterocycles. The van der Waals surface area contributed by atoms with Gasteiger partial charge in [0.25, 0.3) is 5.78 Å². The molecule has 1 N–H and O–H groups in total. The smallest absolute Gasteiger partial charge is 0.301 e. The first-order valence-electron chi connectivity index (χ1n) is 13.7. The molecule has 10 heteroatoms. The summed E-state index contributed by atoms with van der Waals surface area (Å²) in [7, 11) is 0. The van der Waals surface area contributed by atoms with Crippen molar-refractivity contribution in [2.75, 3.05) is 11.5 Å². The molecule has 0 aliphatic carbocycles. The highest BCUT2D eigenvalue weighted by molar-refractivity contribution is 8.00. The third-order valence-electron chi connectivity index (χ3n) is 7.18. The zero-order chi connectivity index (χ0) is 29.4. The number of anilines is 1. The highest BCUT2D eigenvalue weighted by Crippen LogP contribution is 2.45. The number of carbonyl (C=O) groups is 2. The number of rotatable bonds is 8. The number of aliphatic hydroxyl groups is 1. The molecular formula is C32H29N3O5S2. The zero-order valence-corrected chi connectivity index (χ0v) is 25.0. The molecule has 0 unspecified atom stereocenters. The molecule has 214 valence electrons. The molecule has 1 aromatic heterocycles. The Morgan fingerprint density at radius 1 is 1.12 bits per heavy atom. The first-order valence-corrected chi connectivity index (χ1v) is 15.5. The Morgan fingerprint density at radius 2 is 1.93 bits per heavy atom. The van der Waals surface area contributed by atoms with E-state index in [1.807, 2.05) is 39.0 Å². The predicted molar refractivity (Wildman–Crippen MR) is 163 cm³/mol. The lowest BCUT2D eigenvalue weighted by atomic mass is 9.94. The van der Waals surface area contributed by atoms with Gasteiger partial charge in [-0.3, -0.25) is 14.5 Å². The van der Waals surface area contributed by atoms with Crippen molar-refractivity contribution in [1.29, 1.82) is 0 Å². The number of fused-ring (bicyclic) bond motifs is 1. The lowest BCUT2D eigenvalue weighted by Gasteiger charge is -2.23. The Labute approximate surface area is 252 Å². The van der Waals surface area contributed by atoms with Gasteiger partial charge in [0.2, 0.25) is 5.13 Å². The number of hydrogen-bond acceptors (Lipinski definition) is 9. The summed E-state index contributed by atoms with van der Waals surface area (Å²) in [5.74, 6) is 0.236. The van der Waals surface area contributed by atoms with Gasteiger partial charge in [0.05, 0.1) is 18.2 Å². The van der Waals surface area contributed by atoms with E-state index in [0.29, 0.717) is 40.0 Å². The molecule has 1 fully saturated rings. The second kappa shape index (κ2) is 11.6. The van der Waals surface area contributed by atoms with E-state index >= 15 is 0 Å². The SMILES string of the molecule is CCOc1cccc([C@H]2C(=C(O)c3ccc4c(c3)C[C@H](C)O4)C(=O)C(=O)N2c2nnc(SCc3ccc(C)cc3)s2)c1. The van der Waals surface area contributed by atoms with Gasteiger partial charge in [-0.2, -0.15) is 0 Å². The fraction of sp³-hybridized carbons (Fsp3) is 0.250. The summed E-state index contributed by atoms with van der Waals surface area (Å²) < 4.78 is 12.2. The Hall–Kier alpha value is -4.15. The largest absolute Gasteiger partial charge is 0.507 e. The molecule has 3 aromatic carbocycles. The van der Waals surface area contributed by atoms with Gasteiger partial charge in [-0.1, -0.05) is 65.1 Å². The average molecular weight is 600 g/mol. The number of nitrogens with zero attached hydrogens (tertiary/aromatic N) is 3. The summed E-state index contributed by atoms with van der Waals surface area (Å²) in [4.78, 5) is 28.6. The molecule has 3 heterocycles. The monoisotopic (exact) mass is 599 g/mol. The van der Waals surface area contributed by atoms with Gasteiger partial charge in [-0.25, -0.2) is 0 Å². The maximum atomic E-state index is 13.6.